The van der Waals surface area contributed by atoms with E-state index in [9.17, 15) is 0 Å². The summed E-state index contributed by atoms with van der Waals surface area (Å²) in [6, 6.07) is 6.17. The fourth-order valence-corrected chi connectivity index (χ4v) is 2.72. The van der Waals surface area contributed by atoms with Gasteiger partial charge in [0.1, 0.15) is 5.03 Å². The molecule has 88 valence electrons. The second-order valence-corrected chi connectivity index (χ2v) is 5.54. The normalized spacial score (nSPS) is 12.4. The maximum absolute atomic E-state index is 5.84. The summed E-state index contributed by atoms with van der Waals surface area (Å²) in [5.41, 5.74) is 6.95. The third-order valence-electron chi connectivity index (χ3n) is 2.24. The molecule has 1 aromatic heterocycles. The first kappa shape index (κ1) is 12.5. The topological polar surface area (TPSA) is 51.8 Å². The average Bonchev–Trinajstić information content (AvgIpc) is 2.33. The van der Waals surface area contributed by atoms with Gasteiger partial charge in [-0.25, -0.2) is 4.98 Å². The number of halogens is 1. The largest absolute Gasteiger partial charge is 0.324 e. The fourth-order valence-electron chi connectivity index (χ4n) is 1.33. The molecule has 1 unspecified atom stereocenters. The summed E-state index contributed by atoms with van der Waals surface area (Å²) in [7, 11) is 0. The minimum absolute atomic E-state index is 0.0434. The number of hydrogen-bond donors (Lipinski definition) is 1. The van der Waals surface area contributed by atoms with E-state index in [1.165, 1.54) is 0 Å². The molecule has 0 aliphatic heterocycles. The van der Waals surface area contributed by atoms with Gasteiger partial charge >= 0.3 is 0 Å². The number of benzene rings is 1. The van der Waals surface area contributed by atoms with Crippen LogP contribution in [0.25, 0.3) is 0 Å². The highest BCUT2D eigenvalue weighted by Crippen LogP contribution is 2.33. The highest BCUT2D eigenvalue weighted by atomic mass is 79.9. The Hall–Kier alpha value is -0.910. The number of rotatable bonds is 3. The summed E-state index contributed by atoms with van der Waals surface area (Å²) >= 11 is 5.12. The van der Waals surface area contributed by atoms with Crippen LogP contribution in [-0.2, 0) is 0 Å². The van der Waals surface area contributed by atoms with Gasteiger partial charge in [0.15, 0.2) is 0 Å². The number of nitrogens with two attached hydrogens (primary N) is 1. The van der Waals surface area contributed by atoms with Crippen molar-refractivity contribution >= 4 is 27.7 Å². The van der Waals surface area contributed by atoms with Crippen LogP contribution < -0.4 is 5.73 Å². The second kappa shape index (κ2) is 5.62. The van der Waals surface area contributed by atoms with E-state index >= 15 is 0 Å². The van der Waals surface area contributed by atoms with E-state index in [1.807, 2.05) is 25.1 Å². The van der Waals surface area contributed by atoms with Crippen molar-refractivity contribution in [1.82, 2.24) is 9.97 Å². The van der Waals surface area contributed by atoms with Gasteiger partial charge in [0.2, 0.25) is 0 Å². The zero-order chi connectivity index (χ0) is 12.3. The van der Waals surface area contributed by atoms with E-state index in [0.717, 1.165) is 20.0 Å². The molecule has 2 aromatic rings. The van der Waals surface area contributed by atoms with Gasteiger partial charge in [0.05, 0.1) is 6.20 Å². The zero-order valence-corrected chi connectivity index (χ0v) is 11.7. The molecule has 0 saturated heterocycles. The summed E-state index contributed by atoms with van der Waals surface area (Å²) < 4.78 is 1.03. The van der Waals surface area contributed by atoms with Crippen molar-refractivity contribution in [2.75, 3.05) is 0 Å². The van der Waals surface area contributed by atoms with Gasteiger partial charge in [0.25, 0.3) is 0 Å². The minimum Gasteiger partial charge on any atom is -0.324 e. The van der Waals surface area contributed by atoms with Crippen LogP contribution in [0.2, 0.25) is 0 Å². The van der Waals surface area contributed by atoms with Crippen LogP contribution in [-0.4, -0.2) is 9.97 Å². The van der Waals surface area contributed by atoms with Crippen molar-refractivity contribution in [3.05, 3.63) is 46.8 Å². The van der Waals surface area contributed by atoms with Crippen LogP contribution in [0, 0.1) is 0 Å². The van der Waals surface area contributed by atoms with Gasteiger partial charge < -0.3 is 5.73 Å². The van der Waals surface area contributed by atoms with Crippen LogP contribution in [0.3, 0.4) is 0 Å². The smallest absolute Gasteiger partial charge is 0.119 e. The van der Waals surface area contributed by atoms with E-state index in [0.29, 0.717) is 0 Å². The van der Waals surface area contributed by atoms with E-state index in [2.05, 4.69) is 25.9 Å². The Labute approximate surface area is 113 Å². The van der Waals surface area contributed by atoms with Crippen molar-refractivity contribution in [3.8, 4) is 0 Å². The van der Waals surface area contributed by atoms with Crippen molar-refractivity contribution < 1.29 is 0 Å². The Morgan fingerprint density at radius 1 is 1.35 bits per heavy atom. The van der Waals surface area contributed by atoms with Crippen LogP contribution >= 0.6 is 27.7 Å². The predicted molar refractivity (Wildman–Crippen MR) is 72.9 cm³/mol. The number of hydrogen-bond acceptors (Lipinski definition) is 4. The van der Waals surface area contributed by atoms with E-state index in [-0.39, 0.29) is 6.04 Å². The van der Waals surface area contributed by atoms with Crippen LogP contribution in [0.1, 0.15) is 18.5 Å². The third kappa shape index (κ3) is 3.28. The summed E-state index contributed by atoms with van der Waals surface area (Å²) in [4.78, 5) is 9.37. The zero-order valence-electron chi connectivity index (χ0n) is 9.30. The van der Waals surface area contributed by atoms with E-state index < -0.39 is 0 Å². The molecule has 1 heterocycles. The van der Waals surface area contributed by atoms with Crippen molar-refractivity contribution in [2.45, 2.75) is 22.9 Å². The lowest BCUT2D eigenvalue weighted by atomic mass is 10.1. The Kier molecular flexibility index (Phi) is 4.15. The first-order valence-electron chi connectivity index (χ1n) is 5.15. The Morgan fingerprint density at radius 3 is 2.76 bits per heavy atom. The van der Waals surface area contributed by atoms with Gasteiger partial charge in [-0.1, -0.05) is 17.8 Å². The highest BCUT2D eigenvalue weighted by molar-refractivity contribution is 9.10. The van der Waals surface area contributed by atoms with Crippen LogP contribution in [0.15, 0.2) is 51.2 Å². The Morgan fingerprint density at radius 2 is 2.18 bits per heavy atom. The van der Waals surface area contributed by atoms with Crippen molar-refractivity contribution in [3.63, 3.8) is 0 Å². The van der Waals surface area contributed by atoms with Gasteiger partial charge in [-0.3, -0.25) is 4.98 Å². The number of aromatic nitrogens is 2. The molecular weight excluding hydrogens is 298 g/mol. The first-order valence-corrected chi connectivity index (χ1v) is 6.76. The summed E-state index contributed by atoms with van der Waals surface area (Å²) in [6.07, 6.45) is 5.10. The third-order valence-corrected chi connectivity index (χ3v) is 4.15. The van der Waals surface area contributed by atoms with Gasteiger partial charge in [-0.2, -0.15) is 0 Å². The van der Waals surface area contributed by atoms with Crippen LogP contribution in [0.4, 0.5) is 0 Å². The second-order valence-electron chi connectivity index (χ2n) is 3.62. The molecule has 0 bridgehead atoms. The molecule has 2 N–H and O–H groups in total. The van der Waals surface area contributed by atoms with E-state index in [4.69, 9.17) is 5.73 Å². The molecule has 2 rings (SSSR count). The quantitative estimate of drug-likeness (QED) is 0.944. The first-order chi connectivity index (χ1) is 8.16. The summed E-state index contributed by atoms with van der Waals surface area (Å²) in [5, 5.41) is 0.877. The predicted octanol–water partition coefficient (Wildman–Crippen LogP) is 3.41. The fraction of sp³-hybridized carbons (Fsp3) is 0.167. The molecule has 0 aliphatic carbocycles. The maximum atomic E-state index is 5.84. The van der Waals surface area contributed by atoms with Crippen molar-refractivity contribution in [2.24, 2.45) is 5.73 Å². The average molecular weight is 310 g/mol. The molecule has 3 nitrogen and oxygen atoms in total. The molecule has 1 atom stereocenters. The lowest BCUT2D eigenvalue weighted by Crippen LogP contribution is -2.04. The van der Waals surface area contributed by atoms with Crippen molar-refractivity contribution in [1.29, 1.82) is 0 Å². The maximum Gasteiger partial charge on any atom is 0.119 e. The van der Waals surface area contributed by atoms with Gasteiger partial charge in [-0.15, -0.1) is 0 Å². The molecule has 0 saturated carbocycles. The van der Waals surface area contributed by atoms with E-state index in [1.54, 1.807) is 30.4 Å². The molecule has 0 aliphatic rings. The lowest BCUT2D eigenvalue weighted by Gasteiger charge is -2.09. The summed E-state index contributed by atoms with van der Waals surface area (Å²) in [6.45, 7) is 1.97. The molecule has 1 aromatic carbocycles. The molecular formula is C12H12BrN3S. The molecule has 0 spiro atoms. The molecule has 0 amide bonds. The van der Waals surface area contributed by atoms with Gasteiger partial charge in [0, 0.05) is 27.8 Å². The Bertz CT molecular complexity index is 502. The molecule has 5 heteroatoms. The molecule has 0 fully saturated rings. The monoisotopic (exact) mass is 309 g/mol. The van der Waals surface area contributed by atoms with Gasteiger partial charge in [-0.05, 0) is 40.5 Å². The highest BCUT2D eigenvalue weighted by Gasteiger charge is 2.06. The summed E-state index contributed by atoms with van der Waals surface area (Å²) in [5.74, 6) is 0. The SMILES string of the molecule is CC(N)c1ccc(Sc2cnccn2)c(Br)c1. The number of nitrogens with zero attached hydrogens (tertiary/aromatic N) is 2. The lowest BCUT2D eigenvalue weighted by molar-refractivity contribution is 0.815. The van der Waals surface area contributed by atoms with Crippen LogP contribution in [0.5, 0.6) is 0 Å². The standard InChI is InChI=1S/C12H12BrN3S/c1-8(14)9-2-3-11(10(13)6-9)17-12-7-15-4-5-16-12/h2-8H,14H2,1H3. The Balaban J connectivity index is 2.23. The minimum atomic E-state index is 0.0434. The molecule has 17 heavy (non-hydrogen) atoms. The molecule has 0 radical (unpaired) electrons.